The number of piperazine rings is 1. The second-order valence-electron chi connectivity index (χ2n) is 8.27. The van der Waals surface area contributed by atoms with E-state index in [-0.39, 0.29) is 6.09 Å². The maximum atomic E-state index is 12.1. The maximum absolute atomic E-state index is 12.1. The number of amides is 1. The quantitative estimate of drug-likeness (QED) is 0.409. The fourth-order valence-corrected chi connectivity index (χ4v) is 2.69. The van der Waals surface area contributed by atoms with Gasteiger partial charge in [-0.25, -0.2) is 4.79 Å². The van der Waals surface area contributed by atoms with E-state index in [2.05, 4.69) is 34.4 Å². The number of nitrogens with one attached hydrogen (secondary N) is 2. The summed E-state index contributed by atoms with van der Waals surface area (Å²) in [5.41, 5.74) is -0.429. The summed E-state index contributed by atoms with van der Waals surface area (Å²) in [5, 5.41) is 6.71. The Hall–Kier alpha value is -1.50. The summed E-state index contributed by atoms with van der Waals surface area (Å²) in [6.45, 7) is 16.3. The number of rotatable bonds is 7. The summed E-state index contributed by atoms with van der Waals surface area (Å²) < 4.78 is 5.43. The molecular formula is C19H39N5O2. The van der Waals surface area contributed by atoms with Gasteiger partial charge >= 0.3 is 6.09 Å². The first-order chi connectivity index (χ1) is 12.2. The number of hydrogen-bond acceptors (Lipinski definition) is 4. The Morgan fingerprint density at radius 2 is 1.73 bits per heavy atom. The number of ether oxygens (including phenoxy) is 1. The van der Waals surface area contributed by atoms with Crippen LogP contribution in [0.1, 0.15) is 47.5 Å². The minimum absolute atomic E-state index is 0.199. The lowest BCUT2D eigenvalue weighted by Crippen LogP contribution is -2.50. The number of hydrogen-bond donors (Lipinski definition) is 2. The van der Waals surface area contributed by atoms with Crippen LogP contribution >= 0.6 is 0 Å². The van der Waals surface area contributed by atoms with Crippen LogP contribution in [-0.2, 0) is 4.74 Å². The minimum atomic E-state index is -0.429. The first kappa shape index (κ1) is 22.5. The summed E-state index contributed by atoms with van der Waals surface area (Å²) in [6.07, 6.45) is 2.00. The van der Waals surface area contributed by atoms with Crippen LogP contribution in [0, 0.1) is 5.92 Å². The number of carbonyl (C=O) groups is 1. The van der Waals surface area contributed by atoms with Crippen molar-refractivity contribution in [3.05, 3.63) is 0 Å². The van der Waals surface area contributed by atoms with E-state index in [1.54, 1.807) is 11.9 Å². The fraction of sp³-hybridized carbons (Fsp3) is 0.895. The molecule has 1 heterocycles. The molecule has 0 bridgehead atoms. The van der Waals surface area contributed by atoms with Gasteiger partial charge in [-0.05, 0) is 46.1 Å². The topological polar surface area (TPSA) is 69.2 Å². The van der Waals surface area contributed by atoms with Crippen molar-refractivity contribution in [2.24, 2.45) is 10.9 Å². The summed E-state index contributed by atoms with van der Waals surface area (Å²) >= 11 is 0. The third-order valence-corrected chi connectivity index (χ3v) is 4.21. The van der Waals surface area contributed by atoms with Gasteiger partial charge in [-0.2, -0.15) is 0 Å². The SMILES string of the molecule is CN=C(NCCCN1CCN(C(=O)OC(C)(C)C)CC1)NCCC(C)C. The van der Waals surface area contributed by atoms with Gasteiger partial charge in [-0.3, -0.25) is 9.89 Å². The molecule has 1 rings (SSSR count). The molecule has 0 atom stereocenters. The van der Waals surface area contributed by atoms with E-state index < -0.39 is 5.60 Å². The van der Waals surface area contributed by atoms with Crippen LogP contribution in [0.25, 0.3) is 0 Å². The van der Waals surface area contributed by atoms with Crippen LogP contribution in [0.5, 0.6) is 0 Å². The van der Waals surface area contributed by atoms with Gasteiger partial charge in [0.05, 0.1) is 0 Å². The third kappa shape index (κ3) is 9.85. The third-order valence-electron chi connectivity index (χ3n) is 4.21. The Kier molecular flexibility index (Phi) is 9.76. The lowest BCUT2D eigenvalue weighted by molar-refractivity contribution is 0.0145. The molecule has 0 unspecified atom stereocenters. The van der Waals surface area contributed by atoms with Gasteiger partial charge in [0.15, 0.2) is 5.96 Å². The average Bonchev–Trinajstić information content (AvgIpc) is 2.55. The minimum Gasteiger partial charge on any atom is -0.444 e. The predicted molar refractivity (Wildman–Crippen MR) is 108 cm³/mol. The number of guanidine groups is 1. The van der Waals surface area contributed by atoms with Crippen LogP contribution in [0.4, 0.5) is 4.79 Å². The molecule has 0 aromatic carbocycles. The van der Waals surface area contributed by atoms with Crippen molar-refractivity contribution < 1.29 is 9.53 Å². The van der Waals surface area contributed by atoms with Crippen LogP contribution in [0.15, 0.2) is 4.99 Å². The summed E-state index contributed by atoms with van der Waals surface area (Å²) in [5.74, 6) is 1.57. The molecule has 0 aromatic heterocycles. The van der Waals surface area contributed by atoms with E-state index >= 15 is 0 Å². The summed E-state index contributed by atoms with van der Waals surface area (Å²) in [6, 6.07) is 0. The Morgan fingerprint density at radius 1 is 1.12 bits per heavy atom. The molecule has 152 valence electrons. The highest BCUT2D eigenvalue weighted by molar-refractivity contribution is 5.79. The molecule has 26 heavy (non-hydrogen) atoms. The molecular weight excluding hydrogens is 330 g/mol. The molecule has 0 aromatic rings. The van der Waals surface area contributed by atoms with Gasteiger partial charge in [0.1, 0.15) is 5.60 Å². The first-order valence-corrected chi connectivity index (χ1v) is 9.86. The highest BCUT2D eigenvalue weighted by Gasteiger charge is 2.25. The van der Waals surface area contributed by atoms with Crippen LogP contribution in [0.3, 0.4) is 0 Å². The summed E-state index contributed by atoms with van der Waals surface area (Å²) in [4.78, 5) is 20.5. The molecule has 2 N–H and O–H groups in total. The molecule has 7 heteroatoms. The standard InChI is InChI=1S/C19H39N5O2/c1-16(2)8-10-22-17(20-6)21-9-7-11-23-12-14-24(15-13-23)18(25)26-19(3,4)5/h16H,7-15H2,1-6H3,(H2,20,21,22). The largest absolute Gasteiger partial charge is 0.444 e. The average molecular weight is 370 g/mol. The molecule has 1 fully saturated rings. The number of aliphatic imine (C=N–C) groups is 1. The molecule has 0 spiro atoms. The molecule has 1 saturated heterocycles. The van der Waals surface area contributed by atoms with Crippen molar-refractivity contribution in [1.82, 2.24) is 20.4 Å². The molecule has 1 aliphatic heterocycles. The van der Waals surface area contributed by atoms with E-state index in [1.807, 2.05) is 20.8 Å². The Morgan fingerprint density at radius 3 is 2.27 bits per heavy atom. The van der Waals surface area contributed by atoms with Crippen molar-refractivity contribution in [3.8, 4) is 0 Å². The zero-order valence-corrected chi connectivity index (χ0v) is 17.6. The Labute approximate surface area is 159 Å². The van der Waals surface area contributed by atoms with Crippen LogP contribution < -0.4 is 10.6 Å². The van der Waals surface area contributed by atoms with Crippen LogP contribution in [-0.4, -0.2) is 80.3 Å². The van der Waals surface area contributed by atoms with E-state index in [0.29, 0.717) is 5.92 Å². The predicted octanol–water partition coefficient (Wildman–Crippen LogP) is 2.14. The summed E-state index contributed by atoms with van der Waals surface area (Å²) in [7, 11) is 1.81. The first-order valence-electron chi connectivity index (χ1n) is 9.86. The molecule has 1 aliphatic rings. The van der Waals surface area contributed by atoms with Gasteiger partial charge in [-0.15, -0.1) is 0 Å². The van der Waals surface area contributed by atoms with Gasteiger partial charge in [0.2, 0.25) is 0 Å². The van der Waals surface area contributed by atoms with Gasteiger partial charge in [0.25, 0.3) is 0 Å². The maximum Gasteiger partial charge on any atom is 0.410 e. The molecule has 0 saturated carbocycles. The van der Waals surface area contributed by atoms with E-state index in [9.17, 15) is 4.79 Å². The monoisotopic (exact) mass is 369 g/mol. The molecule has 1 amide bonds. The van der Waals surface area contributed by atoms with E-state index in [1.165, 1.54) is 0 Å². The zero-order valence-electron chi connectivity index (χ0n) is 17.6. The second kappa shape index (κ2) is 11.3. The van der Waals surface area contributed by atoms with Gasteiger partial charge < -0.3 is 20.3 Å². The molecule has 0 radical (unpaired) electrons. The highest BCUT2D eigenvalue weighted by Crippen LogP contribution is 2.11. The van der Waals surface area contributed by atoms with Crippen LogP contribution in [0.2, 0.25) is 0 Å². The lowest BCUT2D eigenvalue weighted by atomic mass is 10.1. The Balaban J connectivity index is 2.15. The van der Waals surface area contributed by atoms with E-state index in [0.717, 1.165) is 64.6 Å². The number of carbonyl (C=O) groups excluding carboxylic acids is 1. The highest BCUT2D eigenvalue weighted by atomic mass is 16.6. The van der Waals surface area contributed by atoms with Gasteiger partial charge in [-0.1, -0.05) is 13.8 Å². The fourth-order valence-electron chi connectivity index (χ4n) is 2.69. The second-order valence-corrected chi connectivity index (χ2v) is 8.27. The Bertz CT molecular complexity index is 438. The molecule has 7 nitrogen and oxygen atoms in total. The van der Waals surface area contributed by atoms with Crippen molar-refractivity contribution in [1.29, 1.82) is 0 Å². The van der Waals surface area contributed by atoms with Crippen molar-refractivity contribution in [2.45, 2.75) is 53.1 Å². The van der Waals surface area contributed by atoms with Gasteiger partial charge in [0, 0.05) is 46.3 Å². The van der Waals surface area contributed by atoms with E-state index in [4.69, 9.17) is 4.74 Å². The molecule has 0 aliphatic carbocycles. The van der Waals surface area contributed by atoms with Crippen molar-refractivity contribution >= 4 is 12.1 Å². The number of nitrogens with zero attached hydrogens (tertiary/aromatic N) is 3. The van der Waals surface area contributed by atoms with Crippen molar-refractivity contribution in [2.75, 3.05) is 52.9 Å². The lowest BCUT2D eigenvalue weighted by Gasteiger charge is -2.35. The zero-order chi connectivity index (χ0) is 19.6. The van der Waals surface area contributed by atoms with Crippen molar-refractivity contribution in [3.63, 3.8) is 0 Å². The smallest absolute Gasteiger partial charge is 0.410 e. The normalized spacial score (nSPS) is 16.7.